The van der Waals surface area contributed by atoms with Gasteiger partial charge in [0.2, 0.25) is 21.8 Å². The molecule has 0 saturated heterocycles. The van der Waals surface area contributed by atoms with Gasteiger partial charge < -0.3 is 19.7 Å². The molecule has 0 aliphatic rings. The molecule has 1 atom stereocenters. The minimum atomic E-state index is -3.95. The zero-order valence-electron chi connectivity index (χ0n) is 23.6. The number of benzene rings is 3. The van der Waals surface area contributed by atoms with E-state index in [1.54, 1.807) is 12.1 Å². The van der Waals surface area contributed by atoms with Crippen LogP contribution in [0.25, 0.3) is 0 Å². The van der Waals surface area contributed by atoms with Crippen LogP contribution in [0.15, 0.2) is 72.8 Å². The number of hydrogen-bond donors (Lipinski definition) is 1. The third kappa shape index (κ3) is 7.75. The summed E-state index contributed by atoms with van der Waals surface area (Å²) >= 11 is 0. The molecule has 3 aromatic carbocycles. The van der Waals surface area contributed by atoms with Gasteiger partial charge in [0, 0.05) is 25.6 Å². The minimum Gasteiger partial charge on any atom is -0.497 e. The van der Waals surface area contributed by atoms with Crippen molar-refractivity contribution in [2.75, 3.05) is 37.9 Å². The highest BCUT2D eigenvalue weighted by Crippen LogP contribution is 2.34. The highest BCUT2D eigenvalue weighted by molar-refractivity contribution is 7.92. The number of anilines is 1. The third-order valence-corrected chi connectivity index (χ3v) is 7.68. The molecule has 0 radical (unpaired) electrons. The molecule has 1 N–H and O–H groups in total. The van der Waals surface area contributed by atoms with Crippen LogP contribution in [-0.2, 0) is 32.6 Å². The van der Waals surface area contributed by atoms with Crippen LogP contribution >= 0.6 is 0 Å². The number of methoxy groups -OCH3 is 2. The normalized spacial score (nSPS) is 11.8. The molecule has 0 aromatic heterocycles. The molecule has 1 unspecified atom stereocenters. The first-order chi connectivity index (χ1) is 19.1. The summed E-state index contributed by atoms with van der Waals surface area (Å²) in [4.78, 5) is 29.0. The Morgan fingerprint density at radius 2 is 1.62 bits per heavy atom. The van der Waals surface area contributed by atoms with E-state index < -0.39 is 28.5 Å². The van der Waals surface area contributed by atoms with Crippen LogP contribution in [-0.4, -0.2) is 64.7 Å². The number of hydrogen-bond acceptors (Lipinski definition) is 6. The lowest BCUT2D eigenvalue weighted by Gasteiger charge is -2.34. The number of sulfonamides is 1. The number of rotatable bonds is 13. The highest BCUT2D eigenvalue weighted by atomic mass is 32.2. The van der Waals surface area contributed by atoms with E-state index >= 15 is 0 Å². The van der Waals surface area contributed by atoms with Crippen LogP contribution in [0.1, 0.15) is 23.6 Å². The Hall–Kier alpha value is -4.05. The molecule has 0 spiro atoms. The summed E-state index contributed by atoms with van der Waals surface area (Å²) in [5, 5.41) is 2.85. The van der Waals surface area contributed by atoms with Crippen LogP contribution in [0.4, 0.5) is 5.69 Å². The van der Waals surface area contributed by atoms with Gasteiger partial charge in [0.1, 0.15) is 24.1 Å². The average molecular weight is 568 g/mol. The molecule has 3 rings (SSSR count). The average Bonchev–Trinajstić information content (AvgIpc) is 2.94. The topological polar surface area (TPSA) is 105 Å². The van der Waals surface area contributed by atoms with E-state index in [-0.39, 0.29) is 30.3 Å². The second-order valence-electron chi connectivity index (χ2n) is 9.36. The smallest absolute Gasteiger partial charge is 0.244 e. The number of amides is 2. The van der Waals surface area contributed by atoms with Gasteiger partial charge >= 0.3 is 0 Å². The first-order valence-corrected chi connectivity index (χ1v) is 14.8. The predicted molar refractivity (Wildman–Crippen MR) is 156 cm³/mol. The van der Waals surface area contributed by atoms with Gasteiger partial charge in [-0.25, -0.2) is 8.42 Å². The molecule has 0 heterocycles. The molecule has 10 heteroatoms. The van der Waals surface area contributed by atoms with E-state index in [0.717, 1.165) is 27.3 Å². The van der Waals surface area contributed by atoms with Gasteiger partial charge in [-0.3, -0.25) is 13.9 Å². The first kappa shape index (κ1) is 30.5. The Bertz CT molecular complexity index is 1410. The summed E-state index contributed by atoms with van der Waals surface area (Å²) in [7, 11) is -1.07. The summed E-state index contributed by atoms with van der Waals surface area (Å²) in [6.45, 7) is 3.70. The van der Waals surface area contributed by atoms with Crippen molar-refractivity contribution in [3.05, 3.63) is 89.5 Å². The number of nitrogens with one attached hydrogen (secondary N) is 1. The SMILES string of the molecule is CCNC(=O)C(Cc1ccccc1)N(Cc1ccccc1C)C(=O)CN(c1cc(OC)ccc1OC)S(C)(=O)=O. The van der Waals surface area contributed by atoms with Crippen LogP contribution in [0, 0.1) is 6.92 Å². The standard InChI is InChI=1S/C30H37N3O6S/c1-6-31-30(35)27(18-23-13-8-7-9-14-23)32(20-24-15-11-10-12-22(24)2)29(34)21-33(40(5,36)37)26-19-25(38-3)16-17-28(26)39-4/h7-17,19,27H,6,18,20-21H2,1-5H3,(H,31,35). The number of carbonyl (C=O) groups excluding carboxylic acids is 2. The van der Waals surface area contributed by atoms with Crippen LogP contribution < -0.4 is 19.1 Å². The van der Waals surface area contributed by atoms with Crippen molar-refractivity contribution in [3.63, 3.8) is 0 Å². The second-order valence-corrected chi connectivity index (χ2v) is 11.3. The van der Waals surface area contributed by atoms with Crippen LogP contribution in [0.2, 0.25) is 0 Å². The van der Waals surface area contributed by atoms with Crippen molar-refractivity contribution >= 4 is 27.5 Å². The summed E-state index contributed by atoms with van der Waals surface area (Å²) < 4.78 is 37.8. The molecule has 0 fully saturated rings. The molecular formula is C30H37N3O6S. The van der Waals surface area contributed by atoms with E-state index in [2.05, 4.69) is 5.32 Å². The van der Waals surface area contributed by atoms with E-state index in [0.29, 0.717) is 12.3 Å². The molecule has 2 amide bonds. The molecule has 0 aliphatic heterocycles. The third-order valence-electron chi connectivity index (χ3n) is 6.56. The van der Waals surface area contributed by atoms with Crippen molar-refractivity contribution in [1.29, 1.82) is 0 Å². The lowest BCUT2D eigenvalue weighted by Crippen LogP contribution is -2.53. The van der Waals surface area contributed by atoms with Gasteiger partial charge in [-0.2, -0.15) is 0 Å². The van der Waals surface area contributed by atoms with Crippen LogP contribution in [0.3, 0.4) is 0 Å². The minimum absolute atomic E-state index is 0.118. The quantitative estimate of drug-likeness (QED) is 0.339. The fourth-order valence-electron chi connectivity index (χ4n) is 4.40. The maximum Gasteiger partial charge on any atom is 0.244 e. The molecule has 40 heavy (non-hydrogen) atoms. The van der Waals surface area contributed by atoms with E-state index in [4.69, 9.17) is 9.47 Å². The molecule has 0 aliphatic carbocycles. The molecule has 0 saturated carbocycles. The Morgan fingerprint density at radius 3 is 2.23 bits per heavy atom. The fourth-order valence-corrected chi connectivity index (χ4v) is 5.25. The van der Waals surface area contributed by atoms with Gasteiger partial charge in [-0.1, -0.05) is 54.6 Å². The monoisotopic (exact) mass is 567 g/mol. The lowest BCUT2D eigenvalue weighted by molar-refractivity contribution is -0.140. The van der Waals surface area contributed by atoms with E-state index in [1.165, 1.54) is 25.2 Å². The molecule has 0 bridgehead atoms. The Labute approximate surface area is 236 Å². The highest BCUT2D eigenvalue weighted by Gasteiger charge is 2.34. The Morgan fingerprint density at radius 1 is 0.950 bits per heavy atom. The van der Waals surface area contributed by atoms with E-state index in [9.17, 15) is 18.0 Å². The number of nitrogens with zero attached hydrogens (tertiary/aromatic N) is 2. The first-order valence-electron chi connectivity index (χ1n) is 12.9. The summed E-state index contributed by atoms with van der Waals surface area (Å²) in [5.41, 5.74) is 2.83. The maximum atomic E-state index is 14.2. The molecule has 214 valence electrons. The summed E-state index contributed by atoms with van der Waals surface area (Å²) in [5.74, 6) is -0.198. The zero-order chi connectivity index (χ0) is 29.3. The number of aryl methyl sites for hydroxylation is 1. The molecular weight excluding hydrogens is 530 g/mol. The fraction of sp³-hybridized carbons (Fsp3) is 0.333. The summed E-state index contributed by atoms with van der Waals surface area (Å²) in [6.07, 6.45) is 1.28. The van der Waals surface area contributed by atoms with Crippen molar-refractivity contribution in [2.45, 2.75) is 32.9 Å². The summed E-state index contributed by atoms with van der Waals surface area (Å²) in [6, 6.07) is 20.8. The van der Waals surface area contributed by atoms with Gasteiger partial charge in [-0.15, -0.1) is 0 Å². The molecule has 9 nitrogen and oxygen atoms in total. The van der Waals surface area contributed by atoms with Gasteiger partial charge in [0.15, 0.2) is 0 Å². The number of carbonyl (C=O) groups is 2. The lowest BCUT2D eigenvalue weighted by atomic mass is 10.0. The van der Waals surface area contributed by atoms with Gasteiger partial charge in [0.05, 0.1) is 26.2 Å². The maximum absolute atomic E-state index is 14.2. The number of ether oxygens (including phenoxy) is 2. The van der Waals surface area contributed by atoms with Crippen molar-refractivity contribution in [3.8, 4) is 11.5 Å². The second kappa shape index (κ2) is 13.8. The zero-order valence-corrected chi connectivity index (χ0v) is 24.4. The predicted octanol–water partition coefficient (Wildman–Crippen LogP) is 3.55. The van der Waals surface area contributed by atoms with Crippen LogP contribution in [0.5, 0.6) is 11.5 Å². The van der Waals surface area contributed by atoms with Crippen molar-refractivity contribution in [1.82, 2.24) is 10.2 Å². The van der Waals surface area contributed by atoms with Crippen molar-refractivity contribution in [2.24, 2.45) is 0 Å². The molecule has 3 aromatic rings. The van der Waals surface area contributed by atoms with Gasteiger partial charge in [0.25, 0.3) is 0 Å². The Balaban J connectivity index is 2.10. The van der Waals surface area contributed by atoms with E-state index in [1.807, 2.05) is 68.4 Å². The largest absolute Gasteiger partial charge is 0.497 e. The van der Waals surface area contributed by atoms with Gasteiger partial charge in [-0.05, 0) is 42.7 Å². The Kier molecular flexibility index (Phi) is 10.6. The van der Waals surface area contributed by atoms with Crippen molar-refractivity contribution < 1.29 is 27.5 Å². The number of likely N-dealkylation sites (N-methyl/N-ethyl adjacent to an activating group) is 1.